The maximum Gasteiger partial charge on any atom is 0.490 e. The van der Waals surface area contributed by atoms with Crippen LogP contribution in [0.1, 0.15) is 29.0 Å². The lowest BCUT2D eigenvalue weighted by molar-refractivity contribution is -0.192. The van der Waals surface area contributed by atoms with Crippen LogP contribution in [0.25, 0.3) is 11.1 Å². The van der Waals surface area contributed by atoms with Gasteiger partial charge in [-0.05, 0) is 34.2 Å². The number of fused-ring (bicyclic) bond motifs is 3. The van der Waals surface area contributed by atoms with E-state index in [0.29, 0.717) is 13.0 Å². The normalized spacial score (nSPS) is 17.6. The van der Waals surface area contributed by atoms with Crippen molar-refractivity contribution in [3.05, 3.63) is 95.6 Å². The van der Waals surface area contributed by atoms with E-state index in [-0.39, 0.29) is 31.1 Å². The minimum atomic E-state index is -5.08. The van der Waals surface area contributed by atoms with Gasteiger partial charge in [-0.2, -0.15) is 13.2 Å². The number of carbonyl (C=O) groups is 3. The Labute approximate surface area is 228 Å². The average Bonchev–Trinajstić information content (AvgIpc) is 3.53. The van der Waals surface area contributed by atoms with Gasteiger partial charge in [0.1, 0.15) is 19.3 Å². The summed E-state index contributed by atoms with van der Waals surface area (Å²) in [5.74, 6) is -3.05. The minimum absolute atomic E-state index is 0.0190. The number of esters is 1. The van der Waals surface area contributed by atoms with E-state index in [0.717, 1.165) is 5.56 Å². The molecule has 210 valence electrons. The number of hydrogen-bond donors (Lipinski definition) is 3. The summed E-state index contributed by atoms with van der Waals surface area (Å²) in [7, 11) is 0. The third-order valence-electron chi connectivity index (χ3n) is 6.55. The maximum absolute atomic E-state index is 12.5. The summed E-state index contributed by atoms with van der Waals surface area (Å²) < 4.78 is 42.7. The Kier molecular flexibility index (Phi) is 9.05. The van der Waals surface area contributed by atoms with Crippen molar-refractivity contribution < 1.29 is 42.1 Å². The highest BCUT2D eigenvalue weighted by atomic mass is 19.4. The van der Waals surface area contributed by atoms with Crippen molar-refractivity contribution in [2.75, 3.05) is 13.2 Å². The Morgan fingerprint density at radius 3 is 2.00 bits per heavy atom. The van der Waals surface area contributed by atoms with E-state index in [1.54, 1.807) is 0 Å². The van der Waals surface area contributed by atoms with Gasteiger partial charge < -0.3 is 25.2 Å². The van der Waals surface area contributed by atoms with E-state index < -0.39 is 24.3 Å². The van der Waals surface area contributed by atoms with E-state index in [4.69, 9.17) is 19.4 Å². The molecule has 0 radical (unpaired) electrons. The van der Waals surface area contributed by atoms with Crippen LogP contribution in [-0.2, 0) is 25.7 Å². The predicted molar refractivity (Wildman–Crippen MR) is 138 cm³/mol. The summed E-state index contributed by atoms with van der Waals surface area (Å²) >= 11 is 0. The summed E-state index contributed by atoms with van der Waals surface area (Å²) in [5.41, 5.74) is 5.68. The number of alkyl halides is 3. The lowest BCUT2D eigenvalue weighted by atomic mass is 9.98. The number of carboxylic acid groups (broad SMARTS) is 1. The smallest absolute Gasteiger partial charge is 0.475 e. The van der Waals surface area contributed by atoms with E-state index in [9.17, 15) is 22.8 Å². The molecule has 3 aromatic rings. The summed E-state index contributed by atoms with van der Waals surface area (Å²) in [6.45, 7) is 1.00. The van der Waals surface area contributed by atoms with Crippen LogP contribution in [0.2, 0.25) is 0 Å². The van der Waals surface area contributed by atoms with Gasteiger partial charge in [0.05, 0.1) is 0 Å². The molecule has 1 amide bonds. The first kappa shape index (κ1) is 28.6. The highest BCUT2D eigenvalue weighted by molar-refractivity contribution is 5.79. The van der Waals surface area contributed by atoms with Crippen molar-refractivity contribution in [2.45, 2.75) is 37.2 Å². The number of benzene rings is 3. The van der Waals surface area contributed by atoms with Crippen molar-refractivity contribution in [2.24, 2.45) is 0 Å². The highest BCUT2D eigenvalue weighted by Crippen LogP contribution is 2.44. The number of hydrogen-bond acceptors (Lipinski definition) is 6. The first-order valence-electron chi connectivity index (χ1n) is 12.5. The molecule has 11 heteroatoms. The van der Waals surface area contributed by atoms with Gasteiger partial charge >= 0.3 is 24.2 Å². The van der Waals surface area contributed by atoms with Crippen molar-refractivity contribution >= 4 is 18.0 Å². The topological polar surface area (TPSA) is 114 Å². The quantitative estimate of drug-likeness (QED) is 0.380. The fourth-order valence-corrected chi connectivity index (χ4v) is 4.66. The number of alkyl carbamates (subject to hydrolysis) is 1. The molecule has 2 aliphatic rings. The predicted octanol–water partition coefficient (Wildman–Crippen LogP) is 4.63. The zero-order valence-corrected chi connectivity index (χ0v) is 21.2. The van der Waals surface area contributed by atoms with Crippen LogP contribution in [0.15, 0.2) is 78.9 Å². The number of ether oxygens (including phenoxy) is 2. The van der Waals surface area contributed by atoms with Gasteiger partial charge in [0.15, 0.2) is 0 Å². The fraction of sp³-hybridized carbons (Fsp3) is 0.276. The fourth-order valence-electron chi connectivity index (χ4n) is 4.66. The van der Waals surface area contributed by atoms with Crippen LogP contribution in [0.5, 0.6) is 0 Å². The van der Waals surface area contributed by atoms with E-state index >= 15 is 0 Å². The van der Waals surface area contributed by atoms with Crippen LogP contribution in [0.4, 0.5) is 18.0 Å². The number of carboxylic acids is 1. The number of amides is 1. The van der Waals surface area contributed by atoms with Gasteiger partial charge in [-0.25, -0.2) is 9.59 Å². The van der Waals surface area contributed by atoms with Crippen LogP contribution in [0, 0.1) is 0 Å². The van der Waals surface area contributed by atoms with Crippen LogP contribution in [0.3, 0.4) is 0 Å². The Morgan fingerprint density at radius 1 is 0.875 bits per heavy atom. The monoisotopic (exact) mass is 556 g/mol. The van der Waals surface area contributed by atoms with E-state index in [1.807, 2.05) is 54.6 Å². The van der Waals surface area contributed by atoms with Crippen molar-refractivity contribution in [1.29, 1.82) is 0 Å². The molecule has 2 atom stereocenters. The Morgan fingerprint density at radius 2 is 1.43 bits per heavy atom. The molecule has 0 bridgehead atoms. The number of aliphatic carboxylic acids is 1. The molecular weight excluding hydrogens is 529 g/mol. The number of nitrogens with one attached hydrogen (secondary N) is 2. The summed E-state index contributed by atoms with van der Waals surface area (Å²) in [6.07, 6.45) is -5.08. The van der Waals surface area contributed by atoms with Crippen LogP contribution >= 0.6 is 0 Å². The second-order valence-electron chi connectivity index (χ2n) is 9.26. The van der Waals surface area contributed by atoms with E-state index in [1.165, 1.54) is 22.3 Å². The SMILES string of the molecule is O=C(N[C@@H]1CN[C@H](C(=O)OCc2ccccc2)C1)OCC1c2ccccc2-c2ccccc21.O=C(O)C(F)(F)F. The molecule has 40 heavy (non-hydrogen) atoms. The van der Waals surface area contributed by atoms with Crippen LogP contribution in [-0.4, -0.2) is 54.5 Å². The van der Waals surface area contributed by atoms with Gasteiger partial charge in [-0.15, -0.1) is 0 Å². The van der Waals surface area contributed by atoms with E-state index in [2.05, 4.69) is 34.9 Å². The average molecular weight is 557 g/mol. The molecule has 0 saturated carbocycles. The summed E-state index contributed by atoms with van der Waals surface area (Å²) in [6, 6.07) is 25.4. The molecule has 1 aliphatic heterocycles. The molecule has 0 spiro atoms. The molecule has 1 fully saturated rings. The van der Waals surface area contributed by atoms with Gasteiger partial charge in [-0.3, -0.25) is 4.79 Å². The van der Waals surface area contributed by atoms with Crippen molar-refractivity contribution in [3.63, 3.8) is 0 Å². The molecular formula is C29H27F3N2O6. The number of halogens is 3. The maximum atomic E-state index is 12.5. The summed E-state index contributed by atoms with van der Waals surface area (Å²) in [4.78, 5) is 33.7. The standard InChI is InChI=1S/C27H26N2O4.C2HF3O2/c30-26(32-16-18-8-2-1-3-9-18)25-14-19(15-28-25)29-27(31)33-17-24-22-12-6-4-10-20(22)21-11-5-7-13-23(21)24;3-2(4,5)1(6)7/h1-13,19,24-25,28H,14-17H2,(H,29,31);(H,6,7)/t19-,25-;/m0./s1. The van der Waals surface area contributed by atoms with Crippen molar-refractivity contribution in [3.8, 4) is 11.1 Å². The van der Waals surface area contributed by atoms with Gasteiger partial charge in [0, 0.05) is 18.5 Å². The number of rotatable bonds is 6. The molecule has 5 rings (SSSR count). The third kappa shape index (κ3) is 7.17. The Bertz CT molecular complexity index is 1300. The molecule has 1 saturated heterocycles. The van der Waals surface area contributed by atoms with Gasteiger partial charge in [0.2, 0.25) is 0 Å². The molecule has 8 nitrogen and oxygen atoms in total. The van der Waals surface area contributed by atoms with Crippen LogP contribution < -0.4 is 10.6 Å². The largest absolute Gasteiger partial charge is 0.490 e. The Balaban J connectivity index is 0.000000470. The third-order valence-corrected chi connectivity index (χ3v) is 6.55. The van der Waals surface area contributed by atoms with Gasteiger partial charge in [-0.1, -0.05) is 78.9 Å². The summed E-state index contributed by atoms with van der Waals surface area (Å²) in [5, 5.41) is 13.1. The second kappa shape index (κ2) is 12.6. The molecule has 0 unspecified atom stereocenters. The Hall–Kier alpha value is -4.38. The molecule has 0 aromatic heterocycles. The highest BCUT2D eigenvalue weighted by Gasteiger charge is 2.38. The van der Waals surface area contributed by atoms with Gasteiger partial charge in [0.25, 0.3) is 0 Å². The molecule has 1 heterocycles. The zero-order valence-electron chi connectivity index (χ0n) is 21.2. The first-order chi connectivity index (χ1) is 19.1. The second-order valence-corrected chi connectivity index (χ2v) is 9.26. The molecule has 3 aromatic carbocycles. The number of carbonyl (C=O) groups excluding carboxylic acids is 2. The lowest BCUT2D eigenvalue weighted by Gasteiger charge is -2.16. The lowest BCUT2D eigenvalue weighted by Crippen LogP contribution is -2.37. The zero-order chi connectivity index (χ0) is 28.7. The minimum Gasteiger partial charge on any atom is -0.475 e. The molecule has 1 aliphatic carbocycles. The van der Waals surface area contributed by atoms with Crippen molar-refractivity contribution in [1.82, 2.24) is 10.6 Å². The first-order valence-corrected chi connectivity index (χ1v) is 12.5. The molecule has 3 N–H and O–H groups in total.